The lowest BCUT2D eigenvalue weighted by Gasteiger charge is -2.13. The van der Waals surface area contributed by atoms with E-state index in [9.17, 15) is 4.79 Å². The number of nitrogens with one attached hydrogen (secondary N) is 1. The van der Waals surface area contributed by atoms with Crippen molar-refractivity contribution in [3.63, 3.8) is 0 Å². The summed E-state index contributed by atoms with van der Waals surface area (Å²) in [5, 5.41) is 3.82. The molecule has 4 rings (SSSR count). The molecule has 1 aromatic heterocycles. The van der Waals surface area contributed by atoms with E-state index in [0.717, 1.165) is 16.0 Å². The Labute approximate surface area is 153 Å². The molecular weight excluding hydrogens is 356 g/mol. The van der Waals surface area contributed by atoms with E-state index in [0.29, 0.717) is 27.8 Å². The number of methoxy groups -OCH3 is 3. The van der Waals surface area contributed by atoms with E-state index in [4.69, 9.17) is 18.9 Å². The molecule has 0 saturated carbocycles. The molecule has 0 bridgehead atoms. The van der Waals surface area contributed by atoms with Gasteiger partial charge in [0.2, 0.25) is 6.23 Å². The number of carbonyl (C=O) groups excluding carboxylic acids is 1. The van der Waals surface area contributed by atoms with Crippen LogP contribution in [0.2, 0.25) is 0 Å². The average Bonchev–Trinajstić information content (AvgIpc) is 3.20. The van der Waals surface area contributed by atoms with Gasteiger partial charge in [0.15, 0.2) is 16.6 Å². The third kappa shape index (κ3) is 2.59. The summed E-state index contributed by atoms with van der Waals surface area (Å²) in [6, 6.07) is 9.19. The molecule has 134 valence electrons. The summed E-state index contributed by atoms with van der Waals surface area (Å²) in [4.78, 5) is 16.9. The van der Waals surface area contributed by atoms with Crippen molar-refractivity contribution in [3.05, 3.63) is 41.5 Å². The third-order valence-corrected chi connectivity index (χ3v) is 5.09. The minimum atomic E-state index is -0.639. The maximum absolute atomic E-state index is 12.3. The van der Waals surface area contributed by atoms with Gasteiger partial charge in [-0.05, 0) is 30.3 Å². The maximum atomic E-state index is 12.3. The van der Waals surface area contributed by atoms with Gasteiger partial charge in [0, 0.05) is 5.56 Å². The summed E-state index contributed by atoms with van der Waals surface area (Å²) in [7, 11) is 4.64. The molecule has 2 aromatic carbocycles. The standard InChI is InChI=1S/C18H16N2O5S/c1-22-9-4-6-11-13(8-9)26-18(19-11)20-16-10-5-7-12(23-2)15(24-3)14(10)17(21)25-16/h4-8,16H,1-3H3,(H,19,20)/t16-/m0/s1. The highest BCUT2D eigenvalue weighted by Crippen LogP contribution is 2.42. The molecular formula is C18H16N2O5S. The van der Waals surface area contributed by atoms with Gasteiger partial charge in [-0.25, -0.2) is 9.78 Å². The van der Waals surface area contributed by atoms with E-state index in [2.05, 4.69) is 10.3 Å². The highest BCUT2D eigenvalue weighted by Gasteiger charge is 2.36. The molecule has 26 heavy (non-hydrogen) atoms. The first-order chi connectivity index (χ1) is 12.6. The van der Waals surface area contributed by atoms with Crippen LogP contribution in [0.1, 0.15) is 22.1 Å². The summed E-state index contributed by atoms with van der Waals surface area (Å²) in [5.41, 5.74) is 1.90. The van der Waals surface area contributed by atoms with Crippen molar-refractivity contribution in [1.82, 2.24) is 4.98 Å². The average molecular weight is 372 g/mol. The number of cyclic esters (lactones) is 1. The van der Waals surface area contributed by atoms with Crippen LogP contribution in [0.4, 0.5) is 5.13 Å². The van der Waals surface area contributed by atoms with Crippen molar-refractivity contribution >= 4 is 32.7 Å². The number of hydrogen-bond acceptors (Lipinski definition) is 8. The molecule has 0 saturated heterocycles. The van der Waals surface area contributed by atoms with Crippen molar-refractivity contribution in [1.29, 1.82) is 0 Å². The van der Waals surface area contributed by atoms with Crippen LogP contribution < -0.4 is 19.5 Å². The van der Waals surface area contributed by atoms with E-state index in [-0.39, 0.29) is 0 Å². The lowest BCUT2D eigenvalue weighted by molar-refractivity contribution is 0.0435. The SMILES string of the molecule is COc1ccc2nc(N[C@H]3OC(=O)c4c3ccc(OC)c4OC)sc2c1. The number of anilines is 1. The Morgan fingerprint density at radius 1 is 1.12 bits per heavy atom. The smallest absolute Gasteiger partial charge is 0.344 e. The van der Waals surface area contributed by atoms with Crippen molar-refractivity contribution in [2.45, 2.75) is 6.23 Å². The van der Waals surface area contributed by atoms with Gasteiger partial charge in [-0.1, -0.05) is 11.3 Å². The molecule has 0 unspecified atom stereocenters. The number of hydrogen-bond donors (Lipinski definition) is 1. The number of esters is 1. The number of benzene rings is 2. The van der Waals surface area contributed by atoms with Crippen molar-refractivity contribution in [2.24, 2.45) is 0 Å². The number of aromatic nitrogens is 1. The Kier molecular flexibility index (Phi) is 4.04. The molecule has 0 radical (unpaired) electrons. The van der Waals surface area contributed by atoms with Gasteiger partial charge in [0.1, 0.15) is 11.3 Å². The second-order valence-corrected chi connectivity index (χ2v) is 6.58. The minimum Gasteiger partial charge on any atom is -0.497 e. The fraction of sp³-hybridized carbons (Fsp3) is 0.222. The molecule has 1 N–H and O–H groups in total. The Bertz CT molecular complexity index is 1000. The molecule has 3 aromatic rings. The zero-order valence-corrected chi connectivity index (χ0v) is 15.2. The summed E-state index contributed by atoms with van der Waals surface area (Å²) in [6.07, 6.45) is -0.639. The second-order valence-electron chi connectivity index (χ2n) is 5.55. The van der Waals surface area contributed by atoms with Crippen molar-refractivity contribution < 1.29 is 23.7 Å². The zero-order valence-electron chi connectivity index (χ0n) is 14.4. The van der Waals surface area contributed by atoms with E-state index in [1.165, 1.54) is 25.6 Å². The monoisotopic (exact) mass is 372 g/mol. The van der Waals surface area contributed by atoms with Crippen LogP contribution in [-0.2, 0) is 4.74 Å². The first-order valence-electron chi connectivity index (χ1n) is 7.81. The lowest BCUT2D eigenvalue weighted by Crippen LogP contribution is -2.09. The van der Waals surface area contributed by atoms with E-state index < -0.39 is 12.2 Å². The predicted molar refractivity (Wildman–Crippen MR) is 97.5 cm³/mol. The van der Waals surface area contributed by atoms with Crippen LogP contribution in [0, 0.1) is 0 Å². The summed E-state index contributed by atoms with van der Waals surface area (Å²) in [5.74, 6) is 1.16. The normalized spacial score (nSPS) is 15.5. The number of fused-ring (bicyclic) bond motifs is 2. The number of ether oxygens (including phenoxy) is 4. The van der Waals surface area contributed by atoms with Gasteiger partial charge in [-0.2, -0.15) is 0 Å². The van der Waals surface area contributed by atoms with Crippen LogP contribution in [-0.4, -0.2) is 32.3 Å². The number of rotatable bonds is 5. The Morgan fingerprint density at radius 2 is 1.96 bits per heavy atom. The van der Waals surface area contributed by atoms with Crippen molar-refractivity contribution in [3.8, 4) is 17.2 Å². The van der Waals surface area contributed by atoms with Crippen LogP contribution in [0.5, 0.6) is 17.2 Å². The van der Waals surface area contributed by atoms with Gasteiger partial charge in [-0.15, -0.1) is 0 Å². The first-order valence-corrected chi connectivity index (χ1v) is 8.63. The summed E-state index contributed by atoms with van der Waals surface area (Å²) >= 11 is 1.46. The van der Waals surface area contributed by atoms with Gasteiger partial charge in [0.25, 0.3) is 0 Å². The Balaban J connectivity index is 1.68. The van der Waals surface area contributed by atoms with E-state index in [1.807, 2.05) is 18.2 Å². The predicted octanol–water partition coefficient (Wildman–Crippen LogP) is 3.60. The highest BCUT2D eigenvalue weighted by molar-refractivity contribution is 7.22. The van der Waals surface area contributed by atoms with Gasteiger partial charge < -0.3 is 24.3 Å². The van der Waals surface area contributed by atoms with Crippen molar-refractivity contribution in [2.75, 3.05) is 26.6 Å². The fourth-order valence-electron chi connectivity index (χ4n) is 2.91. The van der Waals surface area contributed by atoms with Gasteiger partial charge >= 0.3 is 5.97 Å². The molecule has 8 heteroatoms. The Morgan fingerprint density at radius 3 is 2.69 bits per heavy atom. The van der Waals surface area contributed by atoms with E-state index >= 15 is 0 Å². The first kappa shape index (κ1) is 16.5. The molecule has 0 spiro atoms. The summed E-state index contributed by atoms with van der Waals surface area (Å²) in [6.45, 7) is 0. The molecule has 2 heterocycles. The molecule has 1 aliphatic rings. The van der Waals surface area contributed by atoms with Gasteiger partial charge in [-0.3, -0.25) is 0 Å². The summed E-state index contributed by atoms with van der Waals surface area (Å²) < 4.78 is 22.3. The van der Waals surface area contributed by atoms with Crippen LogP contribution in [0.15, 0.2) is 30.3 Å². The Hall–Kier alpha value is -3.00. The lowest BCUT2D eigenvalue weighted by atomic mass is 10.1. The molecule has 0 aliphatic carbocycles. The molecule has 1 atom stereocenters. The van der Waals surface area contributed by atoms with E-state index in [1.54, 1.807) is 19.2 Å². The molecule has 7 nitrogen and oxygen atoms in total. The molecule has 0 amide bonds. The van der Waals surface area contributed by atoms with Gasteiger partial charge in [0.05, 0.1) is 31.5 Å². The largest absolute Gasteiger partial charge is 0.497 e. The van der Waals surface area contributed by atoms with Crippen LogP contribution in [0.3, 0.4) is 0 Å². The molecule has 1 aliphatic heterocycles. The van der Waals surface area contributed by atoms with Crippen LogP contribution >= 0.6 is 11.3 Å². The third-order valence-electron chi connectivity index (χ3n) is 4.14. The topological polar surface area (TPSA) is 78.9 Å². The number of nitrogens with zero attached hydrogens (tertiary/aromatic N) is 1. The minimum absolute atomic E-state index is 0.368. The number of thiazole rings is 1. The fourth-order valence-corrected chi connectivity index (χ4v) is 3.83. The van der Waals surface area contributed by atoms with Crippen LogP contribution in [0.25, 0.3) is 10.2 Å². The zero-order chi connectivity index (χ0) is 18.3. The molecule has 0 fully saturated rings. The highest BCUT2D eigenvalue weighted by atomic mass is 32.1. The second kappa shape index (κ2) is 6.38. The number of carbonyl (C=O) groups is 1. The maximum Gasteiger partial charge on any atom is 0.344 e. The quantitative estimate of drug-likeness (QED) is 0.686.